The molecule has 1 aliphatic carbocycles. The van der Waals surface area contributed by atoms with E-state index in [4.69, 9.17) is 10.2 Å². The van der Waals surface area contributed by atoms with Gasteiger partial charge < -0.3 is 10.2 Å². The van der Waals surface area contributed by atoms with Crippen molar-refractivity contribution in [3.8, 4) is 0 Å². The van der Waals surface area contributed by atoms with Crippen LogP contribution in [-0.4, -0.2) is 22.2 Å². The lowest BCUT2D eigenvalue weighted by Gasteiger charge is -2.23. The van der Waals surface area contributed by atoms with E-state index < -0.39 is 28.8 Å². The van der Waals surface area contributed by atoms with Gasteiger partial charge in [0.2, 0.25) is 0 Å². The predicted molar refractivity (Wildman–Crippen MR) is 45.3 cm³/mol. The Hall–Kier alpha value is -1.65. The third-order valence-electron chi connectivity index (χ3n) is 2.18. The first kappa shape index (κ1) is 10.4. The van der Waals surface area contributed by atoms with E-state index in [1.807, 2.05) is 0 Å². The maximum atomic E-state index is 12.9. The molecule has 1 atom stereocenters. The number of aliphatic carboxylic acids is 2. The fourth-order valence-electron chi connectivity index (χ4n) is 1.19. The standard InChI is InChI=1S/C9H9FO4/c1-9(8(13)14)3-2-6(10)5(4-9)7(11)12/h2-3H,4H2,1H3,(H,11,12)(H,13,14). The van der Waals surface area contributed by atoms with Crippen molar-refractivity contribution >= 4 is 11.9 Å². The summed E-state index contributed by atoms with van der Waals surface area (Å²) in [5, 5.41) is 17.4. The van der Waals surface area contributed by atoms with Gasteiger partial charge in [-0.2, -0.15) is 0 Å². The molecule has 0 amide bonds. The number of carbonyl (C=O) groups is 2. The zero-order valence-electron chi connectivity index (χ0n) is 7.45. The summed E-state index contributed by atoms with van der Waals surface area (Å²) >= 11 is 0. The van der Waals surface area contributed by atoms with Crippen LogP contribution in [0.2, 0.25) is 0 Å². The first-order valence-electron chi connectivity index (χ1n) is 3.91. The number of allylic oxidation sites excluding steroid dienone is 2. The number of hydrogen-bond donors (Lipinski definition) is 2. The smallest absolute Gasteiger partial charge is 0.334 e. The molecule has 0 saturated carbocycles. The van der Waals surface area contributed by atoms with E-state index in [1.165, 1.54) is 6.92 Å². The van der Waals surface area contributed by atoms with E-state index in [0.717, 1.165) is 12.2 Å². The van der Waals surface area contributed by atoms with E-state index in [-0.39, 0.29) is 6.42 Å². The number of halogens is 1. The Morgan fingerprint density at radius 2 is 2.07 bits per heavy atom. The minimum Gasteiger partial charge on any atom is -0.481 e. The first-order chi connectivity index (χ1) is 6.37. The molecule has 1 rings (SSSR count). The molecular formula is C9H9FO4. The fraction of sp³-hybridized carbons (Fsp3) is 0.333. The summed E-state index contributed by atoms with van der Waals surface area (Å²) in [4.78, 5) is 21.3. The normalized spacial score (nSPS) is 26.4. The molecule has 0 fully saturated rings. The van der Waals surface area contributed by atoms with E-state index in [0.29, 0.717) is 0 Å². The largest absolute Gasteiger partial charge is 0.481 e. The number of hydrogen-bond acceptors (Lipinski definition) is 2. The average molecular weight is 200 g/mol. The van der Waals surface area contributed by atoms with Gasteiger partial charge in [0.25, 0.3) is 0 Å². The van der Waals surface area contributed by atoms with Crippen LogP contribution < -0.4 is 0 Å². The monoisotopic (exact) mass is 200 g/mol. The second kappa shape index (κ2) is 3.25. The van der Waals surface area contributed by atoms with Crippen molar-refractivity contribution in [3.63, 3.8) is 0 Å². The van der Waals surface area contributed by atoms with Gasteiger partial charge >= 0.3 is 11.9 Å². The molecule has 4 nitrogen and oxygen atoms in total. The van der Waals surface area contributed by atoms with Crippen LogP contribution in [0.4, 0.5) is 4.39 Å². The molecule has 0 spiro atoms. The van der Waals surface area contributed by atoms with Gasteiger partial charge in [-0.25, -0.2) is 9.18 Å². The molecule has 76 valence electrons. The van der Waals surface area contributed by atoms with E-state index in [2.05, 4.69) is 0 Å². The van der Waals surface area contributed by atoms with Crippen LogP contribution in [0.3, 0.4) is 0 Å². The summed E-state index contributed by atoms with van der Waals surface area (Å²) in [6, 6.07) is 0. The van der Waals surface area contributed by atoms with Crippen LogP contribution >= 0.6 is 0 Å². The number of rotatable bonds is 2. The highest BCUT2D eigenvalue weighted by atomic mass is 19.1. The maximum Gasteiger partial charge on any atom is 0.334 e. The molecule has 2 N–H and O–H groups in total. The van der Waals surface area contributed by atoms with E-state index in [1.54, 1.807) is 0 Å². The zero-order chi connectivity index (χ0) is 10.9. The number of carboxylic acids is 2. The summed E-state index contributed by atoms with van der Waals surface area (Å²) in [6.45, 7) is 1.35. The third-order valence-corrected chi connectivity index (χ3v) is 2.18. The Kier molecular flexibility index (Phi) is 2.42. The number of carboxylic acid groups (broad SMARTS) is 2. The topological polar surface area (TPSA) is 74.6 Å². The second-order valence-electron chi connectivity index (χ2n) is 3.36. The maximum absolute atomic E-state index is 12.9. The molecule has 1 unspecified atom stereocenters. The minimum absolute atomic E-state index is 0.333. The van der Waals surface area contributed by atoms with Crippen LogP contribution in [0.25, 0.3) is 0 Å². The molecule has 0 aliphatic heterocycles. The molecule has 0 radical (unpaired) electrons. The molecule has 0 bridgehead atoms. The predicted octanol–water partition coefficient (Wildman–Crippen LogP) is 1.35. The van der Waals surface area contributed by atoms with Gasteiger partial charge in [0.1, 0.15) is 5.83 Å². The lowest BCUT2D eigenvalue weighted by molar-refractivity contribution is -0.145. The van der Waals surface area contributed by atoms with Gasteiger partial charge in [0, 0.05) is 6.42 Å². The van der Waals surface area contributed by atoms with Gasteiger partial charge in [-0.15, -0.1) is 0 Å². The molecule has 0 aromatic rings. The summed E-state index contributed by atoms with van der Waals surface area (Å²) in [6.07, 6.45) is 1.72. The van der Waals surface area contributed by atoms with Crippen molar-refractivity contribution in [2.24, 2.45) is 5.41 Å². The van der Waals surface area contributed by atoms with E-state index in [9.17, 15) is 14.0 Å². The van der Waals surface area contributed by atoms with Gasteiger partial charge in [-0.05, 0) is 13.0 Å². The summed E-state index contributed by atoms with van der Waals surface area (Å²) < 4.78 is 12.9. The Balaban J connectivity index is 3.07. The molecule has 0 saturated heterocycles. The molecular weight excluding hydrogens is 191 g/mol. The highest BCUT2D eigenvalue weighted by Gasteiger charge is 2.36. The fourth-order valence-corrected chi connectivity index (χ4v) is 1.19. The van der Waals surface area contributed by atoms with Gasteiger partial charge in [-0.3, -0.25) is 4.79 Å². The Labute approximate surface area is 79.4 Å². The highest BCUT2D eigenvalue weighted by molar-refractivity contribution is 5.90. The quantitative estimate of drug-likeness (QED) is 0.705. The molecule has 0 heterocycles. The van der Waals surface area contributed by atoms with Crippen molar-refractivity contribution in [3.05, 3.63) is 23.6 Å². The van der Waals surface area contributed by atoms with E-state index >= 15 is 0 Å². The molecule has 0 aromatic carbocycles. The Morgan fingerprint density at radius 3 is 2.50 bits per heavy atom. The lowest BCUT2D eigenvalue weighted by Crippen LogP contribution is -2.29. The lowest BCUT2D eigenvalue weighted by atomic mass is 9.80. The van der Waals surface area contributed by atoms with Crippen molar-refractivity contribution in [1.29, 1.82) is 0 Å². The average Bonchev–Trinajstić information content (AvgIpc) is 2.09. The van der Waals surface area contributed by atoms with Crippen molar-refractivity contribution in [2.75, 3.05) is 0 Å². The molecule has 5 heteroatoms. The highest BCUT2D eigenvalue weighted by Crippen LogP contribution is 2.34. The third kappa shape index (κ3) is 1.66. The molecule has 0 aromatic heterocycles. The molecule has 14 heavy (non-hydrogen) atoms. The van der Waals surface area contributed by atoms with Crippen molar-refractivity contribution in [1.82, 2.24) is 0 Å². The molecule has 1 aliphatic rings. The Bertz CT molecular complexity index is 356. The van der Waals surface area contributed by atoms with Crippen LogP contribution in [0.5, 0.6) is 0 Å². The zero-order valence-corrected chi connectivity index (χ0v) is 7.45. The summed E-state index contributed by atoms with van der Waals surface area (Å²) in [5.41, 5.74) is -1.82. The van der Waals surface area contributed by atoms with Gasteiger partial charge in [-0.1, -0.05) is 6.08 Å². The first-order valence-corrected chi connectivity index (χ1v) is 3.91. The minimum atomic E-state index is -1.42. The van der Waals surface area contributed by atoms with Crippen LogP contribution in [-0.2, 0) is 9.59 Å². The van der Waals surface area contributed by atoms with Crippen molar-refractivity contribution in [2.45, 2.75) is 13.3 Å². The Morgan fingerprint density at radius 1 is 1.50 bits per heavy atom. The summed E-state index contributed by atoms with van der Waals surface area (Å²) in [5.74, 6) is -3.46. The van der Waals surface area contributed by atoms with Gasteiger partial charge in [0.05, 0.1) is 11.0 Å². The van der Waals surface area contributed by atoms with Crippen LogP contribution in [0.15, 0.2) is 23.6 Å². The summed E-state index contributed by atoms with van der Waals surface area (Å²) in [7, 11) is 0. The van der Waals surface area contributed by atoms with Crippen LogP contribution in [0.1, 0.15) is 13.3 Å². The second-order valence-corrected chi connectivity index (χ2v) is 3.36. The van der Waals surface area contributed by atoms with Gasteiger partial charge in [0.15, 0.2) is 0 Å². The van der Waals surface area contributed by atoms with Crippen LogP contribution in [0, 0.1) is 5.41 Å². The SMILES string of the molecule is CC1(C(=O)O)C=CC(F)=C(C(=O)O)C1. The van der Waals surface area contributed by atoms with Crippen molar-refractivity contribution < 1.29 is 24.2 Å².